The van der Waals surface area contributed by atoms with Crippen molar-refractivity contribution < 1.29 is 14.3 Å². The lowest BCUT2D eigenvalue weighted by Crippen LogP contribution is -2.50. The van der Waals surface area contributed by atoms with E-state index >= 15 is 0 Å². The Kier molecular flexibility index (Phi) is 5.66. The Bertz CT molecular complexity index is 395. The highest BCUT2D eigenvalue weighted by Gasteiger charge is 2.20. The summed E-state index contributed by atoms with van der Waals surface area (Å²) in [6.45, 7) is 1.93. The van der Waals surface area contributed by atoms with Gasteiger partial charge >= 0.3 is 6.09 Å². The number of nitrogens with one attached hydrogen (secondary N) is 2. The summed E-state index contributed by atoms with van der Waals surface area (Å²) in [5.41, 5.74) is 2.94. The maximum Gasteiger partial charge on any atom is 0.407 e. The maximum absolute atomic E-state index is 11.5. The summed E-state index contributed by atoms with van der Waals surface area (Å²) in [5.74, 6) is 4.62. The number of hydrogen-bond donors (Lipinski definition) is 3. The van der Waals surface area contributed by atoms with E-state index in [-0.39, 0.29) is 6.61 Å². The van der Waals surface area contributed by atoms with Gasteiger partial charge in [0.25, 0.3) is 5.91 Å². The number of carbonyl (C=O) groups is 2. The van der Waals surface area contributed by atoms with Crippen LogP contribution in [0.4, 0.5) is 4.79 Å². The number of nitrogens with two attached hydrogens (primary N) is 1. The van der Waals surface area contributed by atoms with Crippen LogP contribution in [0.5, 0.6) is 0 Å². The van der Waals surface area contributed by atoms with E-state index in [4.69, 9.17) is 10.6 Å². The highest BCUT2D eigenvalue weighted by atomic mass is 16.5. The molecule has 98 valence electrons. The second-order valence-corrected chi connectivity index (χ2v) is 3.62. The van der Waals surface area contributed by atoms with Crippen LogP contribution in [0.25, 0.3) is 0 Å². The number of amides is 2. The van der Waals surface area contributed by atoms with Gasteiger partial charge in [0.2, 0.25) is 0 Å². The zero-order valence-corrected chi connectivity index (χ0v) is 10.2. The molecule has 0 aromatic heterocycles. The first-order valence-corrected chi connectivity index (χ1v) is 5.65. The molecule has 6 heteroatoms. The molecule has 0 saturated heterocycles. The fraction of sp³-hybridized carbons (Fsp3) is 0.333. The van der Waals surface area contributed by atoms with E-state index in [1.54, 1.807) is 6.92 Å². The van der Waals surface area contributed by atoms with Crippen molar-refractivity contribution in [3.8, 4) is 0 Å². The van der Waals surface area contributed by atoms with Crippen LogP contribution in [-0.2, 0) is 16.0 Å². The summed E-state index contributed by atoms with van der Waals surface area (Å²) in [4.78, 5) is 22.9. The standard InChI is InChI=1S/C12H17N3O3/c1-2-18-12(17)14-10(11(16)15-13)8-9-6-4-3-5-7-9/h3-7,10H,2,8,13H2,1H3,(H,14,17)(H,15,16). The molecule has 0 saturated carbocycles. The molecule has 0 aliphatic heterocycles. The van der Waals surface area contributed by atoms with Gasteiger partial charge in [0.1, 0.15) is 6.04 Å². The molecule has 1 aromatic rings. The molecule has 18 heavy (non-hydrogen) atoms. The fourth-order valence-electron chi connectivity index (χ4n) is 1.47. The van der Waals surface area contributed by atoms with E-state index in [1.165, 1.54) is 0 Å². The van der Waals surface area contributed by atoms with Gasteiger partial charge in [-0.25, -0.2) is 10.6 Å². The van der Waals surface area contributed by atoms with E-state index in [0.717, 1.165) is 5.56 Å². The Balaban J connectivity index is 2.67. The number of benzene rings is 1. The molecule has 6 nitrogen and oxygen atoms in total. The van der Waals surface area contributed by atoms with Crippen LogP contribution < -0.4 is 16.6 Å². The third-order valence-corrected chi connectivity index (χ3v) is 2.31. The zero-order valence-electron chi connectivity index (χ0n) is 10.2. The highest BCUT2D eigenvalue weighted by Crippen LogP contribution is 2.03. The predicted molar refractivity (Wildman–Crippen MR) is 66.4 cm³/mol. The van der Waals surface area contributed by atoms with E-state index in [0.29, 0.717) is 6.42 Å². The molecule has 0 heterocycles. The number of rotatable bonds is 5. The summed E-state index contributed by atoms with van der Waals surface area (Å²) in [6, 6.07) is 8.57. The van der Waals surface area contributed by atoms with Crippen LogP contribution >= 0.6 is 0 Å². The molecule has 0 aliphatic rings. The Labute approximate surface area is 105 Å². The molecule has 1 atom stereocenters. The van der Waals surface area contributed by atoms with Crippen molar-refractivity contribution in [2.45, 2.75) is 19.4 Å². The quantitative estimate of drug-likeness (QED) is 0.399. The Morgan fingerprint density at radius 2 is 2.00 bits per heavy atom. The molecule has 0 fully saturated rings. The number of hydrogen-bond acceptors (Lipinski definition) is 4. The lowest BCUT2D eigenvalue weighted by atomic mass is 10.1. The van der Waals surface area contributed by atoms with Crippen LogP contribution in [0.3, 0.4) is 0 Å². The van der Waals surface area contributed by atoms with Gasteiger partial charge in [-0.1, -0.05) is 30.3 Å². The molecule has 1 aromatic carbocycles. The largest absolute Gasteiger partial charge is 0.450 e. The molecule has 0 bridgehead atoms. The van der Waals surface area contributed by atoms with E-state index < -0.39 is 18.0 Å². The summed E-state index contributed by atoms with van der Waals surface area (Å²) >= 11 is 0. The van der Waals surface area contributed by atoms with E-state index in [9.17, 15) is 9.59 Å². The molecular weight excluding hydrogens is 234 g/mol. The first-order valence-electron chi connectivity index (χ1n) is 5.65. The Morgan fingerprint density at radius 3 is 2.56 bits per heavy atom. The van der Waals surface area contributed by atoms with Gasteiger partial charge in [-0.05, 0) is 12.5 Å². The third kappa shape index (κ3) is 4.42. The molecule has 0 spiro atoms. The zero-order chi connectivity index (χ0) is 13.4. The molecule has 0 aliphatic carbocycles. The monoisotopic (exact) mass is 251 g/mol. The maximum atomic E-state index is 11.5. The topological polar surface area (TPSA) is 93.4 Å². The second kappa shape index (κ2) is 7.29. The van der Waals surface area contributed by atoms with Crippen molar-refractivity contribution in [3.05, 3.63) is 35.9 Å². The number of alkyl carbamates (subject to hydrolysis) is 1. The van der Waals surface area contributed by atoms with Crippen molar-refractivity contribution in [1.29, 1.82) is 0 Å². The van der Waals surface area contributed by atoms with Crippen molar-refractivity contribution >= 4 is 12.0 Å². The Morgan fingerprint density at radius 1 is 1.33 bits per heavy atom. The molecule has 2 amide bonds. The van der Waals surface area contributed by atoms with Crippen LogP contribution in [0.15, 0.2) is 30.3 Å². The van der Waals surface area contributed by atoms with E-state index in [1.807, 2.05) is 35.8 Å². The Hall–Kier alpha value is -2.08. The minimum absolute atomic E-state index is 0.244. The minimum Gasteiger partial charge on any atom is -0.450 e. The van der Waals surface area contributed by atoms with Gasteiger partial charge in [-0.15, -0.1) is 0 Å². The molecular formula is C12H17N3O3. The summed E-state index contributed by atoms with van der Waals surface area (Å²) < 4.78 is 4.73. The average molecular weight is 251 g/mol. The smallest absolute Gasteiger partial charge is 0.407 e. The second-order valence-electron chi connectivity index (χ2n) is 3.62. The minimum atomic E-state index is -0.753. The van der Waals surface area contributed by atoms with Gasteiger partial charge in [-0.2, -0.15) is 0 Å². The normalized spacial score (nSPS) is 11.4. The van der Waals surface area contributed by atoms with Gasteiger partial charge in [0, 0.05) is 6.42 Å². The van der Waals surface area contributed by atoms with Crippen molar-refractivity contribution in [3.63, 3.8) is 0 Å². The van der Waals surface area contributed by atoms with Crippen molar-refractivity contribution in [1.82, 2.24) is 10.7 Å². The van der Waals surface area contributed by atoms with Gasteiger partial charge in [0.15, 0.2) is 0 Å². The summed E-state index contributed by atoms with van der Waals surface area (Å²) in [5, 5.41) is 2.46. The molecule has 0 radical (unpaired) electrons. The summed E-state index contributed by atoms with van der Waals surface area (Å²) in [6.07, 6.45) is -0.287. The third-order valence-electron chi connectivity index (χ3n) is 2.31. The van der Waals surface area contributed by atoms with Crippen LogP contribution in [0.1, 0.15) is 12.5 Å². The number of ether oxygens (including phenoxy) is 1. The van der Waals surface area contributed by atoms with Gasteiger partial charge in [0.05, 0.1) is 6.61 Å². The number of carbonyl (C=O) groups excluding carboxylic acids is 2. The molecule has 1 unspecified atom stereocenters. The van der Waals surface area contributed by atoms with Crippen LogP contribution in [0, 0.1) is 0 Å². The first kappa shape index (κ1) is 14.0. The van der Waals surface area contributed by atoms with Crippen molar-refractivity contribution in [2.24, 2.45) is 5.84 Å². The predicted octanol–water partition coefficient (Wildman–Crippen LogP) is 0.334. The molecule has 4 N–H and O–H groups in total. The fourth-order valence-corrected chi connectivity index (χ4v) is 1.47. The summed E-state index contributed by atoms with van der Waals surface area (Å²) in [7, 11) is 0. The van der Waals surface area contributed by atoms with Gasteiger partial charge < -0.3 is 10.1 Å². The lowest BCUT2D eigenvalue weighted by Gasteiger charge is -2.16. The van der Waals surface area contributed by atoms with Crippen LogP contribution in [-0.4, -0.2) is 24.6 Å². The van der Waals surface area contributed by atoms with Crippen molar-refractivity contribution in [2.75, 3.05) is 6.61 Å². The van der Waals surface area contributed by atoms with Crippen LogP contribution in [0.2, 0.25) is 0 Å². The SMILES string of the molecule is CCOC(=O)NC(Cc1ccccc1)C(=O)NN. The van der Waals surface area contributed by atoms with E-state index in [2.05, 4.69) is 5.32 Å². The lowest BCUT2D eigenvalue weighted by molar-refractivity contribution is -0.123. The highest BCUT2D eigenvalue weighted by molar-refractivity contribution is 5.85. The molecule has 1 rings (SSSR count). The van der Waals surface area contributed by atoms with Gasteiger partial charge in [-0.3, -0.25) is 10.2 Å². The number of hydrazine groups is 1. The first-order chi connectivity index (χ1) is 8.67. The average Bonchev–Trinajstić information content (AvgIpc) is 2.38.